The van der Waals surface area contributed by atoms with Crippen molar-refractivity contribution >= 4 is 5.78 Å². The summed E-state index contributed by atoms with van der Waals surface area (Å²) in [5.74, 6) is 1.26. The smallest absolute Gasteiger partial charge is 0.203 e. The maximum absolute atomic E-state index is 12.1. The van der Waals surface area contributed by atoms with E-state index < -0.39 is 0 Å². The van der Waals surface area contributed by atoms with Crippen LogP contribution in [0.5, 0.6) is 5.75 Å². The minimum atomic E-state index is -0.0864. The molecule has 4 rings (SSSR count). The van der Waals surface area contributed by atoms with E-state index in [2.05, 4.69) is 67.1 Å². The van der Waals surface area contributed by atoms with Gasteiger partial charge in [0, 0.05) is 17.5 Å². The summed E-state index contributed by atoms with van der Waals surface area (Å²) < 4.78 is 5.89. The molecule has 0 amide bonds. The van der Waals surface area contributed by atoms with Gasteiger partial charge in [-0.15, -0.1) is 0 Å². The third-order valence-corrected chi connectivity index (χ3v) is 5.62. The van der Waals surface area contributed by atoms with Gasteiger partial charge in [0.15, 0.2) is 5.82 Å². The summed E-state index contributed by atoms with van der Waals surface area (Å²) in [6.07, 6.45) is 3.54. The second kappa shape index (κ2) is 7.78. The number of ketones is 1. The van der Waals surface area contributed by atoms with Crippen LogP contribution in [0, 0.1) is 12.8 Å². The molecule has 1 heterocycles. The van der Waals surface area contributed by atoms with Gasteiger partial charge in [0.1, 0.15) is 12.4 Å². The molecular weight excluding hydrogens is 360 g/mol. The molecule has 0 unspecified atom stereocenters. The van der Waals surface area contributed by atoms with Crippen LogP contribution in [0.1, 0.15) is 59.7 Å². The summed E-state index contributed by atoms with van der Waals surface area (Å²) in [4.78, 5) is 20.6. The lowest BCUT2D eigenvalue weighted by Crippen LogP contribution is -2.18. The molecule has 29 heavy (non-hydrogen) atoms. The fraction of sp³-hybridized carbons (Fsp3) is 0.320. The average Bonchev–Trinajstić information content (AvgIpc) is 3.58. The van der Waals surface area contributed by atoms with Gasteiger partial charge < -0.3 is 4.74 Å². The topological polar surface area (TPSA) is 52.1 Å². The van der Waals surface area contributed by atoms with E-state index in [1.54, 1.807) is 12.3 Å². The van der Waals surface area contributed by atoms with E-state index in [0.717, 1.165) is 18.6 Å². The highest BCUT2D eigenvalue weighted by Crippen LogP contribution is 2.33. The quantitative estimate of drug-likeness (QED) is 0.518. The Morgan fingerprint density at radius 1 is 1.00 bits per heavy atom. The van der Waals surface area contributed by atoms with E-state index in [9.17, 15) is 4.79 Å². The maximum Gasteiger partial charge on any atom is 0.203 e. The van der Waals surface area contributed by atoms with Crippen molar-refractivity contribution in [2.24, 2.45) is 5.92 Å². The van der Waals surface area contributed by atoms with E-state index in [4.69, 9.17) is 4.74 Å². The maximum atomic E-state index is 12.1. The fourth-order valence-corrected chi connectivity index (χ4v) is 3.39. The number of benzene rings is 2. The SMILES string of the molecule is Cc1ccc(C(C)(C)c2ccc(OCc3ccnc(C(=O)C4CC4)n3)cc2)cc1. The Hall–Kier alpha value is -3.01. The molecule has 1 saturated carbocycles. The first-order valence-electron chi connectivity index (χ1n) is 10.1. The van der Waals surface area contributed by atoms with Gasteiger partial charge in [0.25, 0.3) is 0 Å². The lowest BCUT2D eigenvalue weighted by molar-refractivity contribution is 0.0956. The number of carbonyl (C=O) groups excluding carboxylic acids is 1. The largest absolute Gasteiger partial charge is 0.487 e. The third kappa shape index (κ3) is 4.37. The van der Waals surface area contributed by atoms with Crippen LogP contribution >= 0.6 is 0 Å². The van der Waals surface area contributed by atoms with Gasteiger partial charge >= 0.3 is 0 Å². The first kappa shape index (κ1) is 19.3. The minimum absolute atomic E-state index is 0.0505. The Balaban J connectivity index is 1.43. The van der Waals surface area contributed by atoms with Crippen LogP contribution in [0.3, 0.4) is 0 Å². The van der Waals surface area contributed by atoms with Gasteiger partial charge in [0.2, 0.25) is 5.78 Å². The molecule has 0 atom stereocenters. The van der Waals surface area contributed by atoms with Crippen molar-refractivity contribution in [1.82, 2.24) is 9.97 Å². The summed E-state index contributed by atoms with van der Waals surface area (Å²) in [7, 11) is 0. The molecule has 1 fully saturated rings. The lowest BCUT2D eigenvalue weighted by Gasteiger charge is -2.26. The zero-order chi connectivity index (χ0) is 20.4. The molecule has 0 aliphatic heterocycles. The molecule has 4 heteroatoms. The van der Waals surface area contributed by atoms with Crippen molar-refractivity contribution in [2.45, 2.75) is 45.6 Å². The predicted octanol–water partition coefficient (Wildman–Crippen LogP) is 5.28. The minimum Gasteiger partial charge on any atom is -0.487 e. The number of hydrogen-bond donors (Lipinski definition) is 0. The Labute approximate surface area is 172 Å². The van der Waals surface area contributed by atoms with Gasteiger partial charge in [-0.1, -0.05) is 55.8 Å². The Kier molecular flexibility index (Phi) is 5.18. The molecule has 0 saturated heterocycles. The molecule has 0 bridgehead atoms. The van der Waals surface area contributed by atoms with E-state index >= 15 is 0 Å². The van der Waals surface area contributed by atoms with Crippen LogP contribution in [0.2, 0.25) is 0 Å². The van der Waals surface area contributed by atoms with Gasteiger partial charge in [-0.3, -0.25) is 4.79 Å². The Morgan fingerprint density at radius 3 is 2.24 bits per heavy atom. The van der Waals surface area contributed by atoms with E-state index in [-0.39, 0.29) is 17.1 Å². The highest BCUT2D eigenvalue weighted by molar-refractivity contribution is 5.95. The zero-order valence-electron chi connectivity index (χ0n) is 17.2. The summed E-state index contributed by atoms with van der Waals surface area (Å²) in [6, 6.07) is 18.7. The highest BCUT2D eigenvalue weighted by atomic mass is 16.5. The number of nitrogens with zero attached hydrogens (tertiary/aromatic N) is 2. The number of aromatic nitrogens is 2. The van der Waals surface area contributed by atoms with Crippen molar-refractivity contribution in [3.63, 3.8) is 0 Å². The van der Waals surface area contributed by atoms with Crippen molar-refractivity contribution in [3.8, 4) is 5.75 Å². The van der Waals surface area contributed by atoms with Crippen molar-refractivity contribution in [3.05, 3.63) is 89.0 Å². The molecule has 148 valence electrons. The second-order valence-electron chi connectivity index (χ2n) is 8.31. The van der Waals surface area contributed by atoms with Crippen molar-refractivity contribution in [1.29, 1.82) is 0 Å². The molecule has 1 aromatic heterocycles. The van der Waals surface area contributed by atoms with Crippen LogP contribution in [0.25, 0.3) is 0 Å². The van der Waals surface area contributed by atoms with Crippen LogP contribution < -0.4 is 4.74 Å². The molecule has 1 aliphatic rings. The normalized spacial score (nSPS) is 13.9. The number of aryl methyl sites for hydroxylation is 1. The van der Waals surface area contributed by atoms with Gasteiger partial charge in [-0.2, -0.15) is 0 Å². The second-order valence-corrected chi connectivity index (χ2v) is 8.31. The monoisotopic (exact) mass is 386 g/mol. The molecule has 1 aliphatic carbocycles. The lowest BCUT2D eigenvalue weighted by atomic mass is 9.78. The first-order valence-corrected chi connectivity index (χ1v) is 10.1. The predicted molar refractivity (Wildman–Crippen MR) is 113 cm³/mol. The van der Waals surface area contributed by atoms with Gasteiger partial charge in [-0.05, 0) is 49.1 Å². The number of rotatable bonds is 7. The van der Waals surface area contributed by atoms with Crippen LogP contribution in [0.4, 0.5) is 0 Å². The van der Waals surface area contributed by atoms with Crippen LogP contribution in [-0.4, -0.2) is 15.8 Å². The molecule has 0 spiro atoms. The zero-order valence-corrected chi connectivity index (χ0v) is 17.2. The average molecular weight is 386 g/mol. The van der Waals surface area contributed by atoms with Gasteiger partial charge in [-0.25, -0.2) is 9.97 Å². The standard InChI is InChI=1S/C25H26N2O2/c1-17-4-8-19(9-5-17)25(2,3)20-10-12-22(13-11-20)29-16-21-14-15-26-24(27-21)23(28)18-6-7-18/h4-5,8-15,18H,6-7,16H2,1-3H3. The highest BCUT2D eigenvalue weighted by Gasteiger charge is 2.32. The van der Waals surface area contributed by atoms with Crippen LogP contribution in [-0.2, 0) is 12.0 Å². The molecule has 0 N–H and O–H groups in total. The molecule has 3 aromatic rings. The molecule has 0 radical (unpaired) electrons. The molecular formula is C25H26N2O2. The summed E-state index contributed by atoms with van der Waals surface area (Å²) >= 11 is 0. The molecule has 4 nitrogen and oxygen atoms in total. The number of Topliss-reactive ketones (excluding diaryl/α,β-unsaturated/α-hetero) is 1. The van der Waals surface area contributed by atoms with Crippen LogP contribution in [0.15, 0.2) is 60.8 Å². The number of ether oxygens (including phenoxy) is 1. The van der Waals surface area contributed by atoms with E-state index in [1.165, 1.54) is 16.7 Å². The molecule has 2 aromatic carbocycles. The third-order valence-electron chi connectivity index (χ3n) is 5.62. The van der Waals surface area contributed by atoms with Crippen molar-refractivity contribution < 1.29 is 9.53 Å². The van der Waals surface area contributed by atoms with E-state index in [0.29, 0.717) is 18.1 Å². The van der Waals surface area contributed by atoms with Gasteiger partial charge in [0.05, 0.1) is 5.69 Å². The Morgan fingerprint density at radius 2 is 1.62 bits per heavy atom. The fourth-order valence-electron chi connectivity index (χ4n) is 3.39. The Bertz CT molecular complexity index is 1000. The van der Waals surface area contributed by atoms with Crippen molar-refractivity contribution in [2.75, 3.05) is 0 Å². The van der Waals surface area contributed by atoms with E-state index in [1.807, 2.05) is 12.1 Å². The number of carbonyl (C=O) groups is 1. The summed E-state index contributed by atoms with van der Waals surface area (Å²) in [5.41, 5.74) is 4.41. The summed E-state index contributed by atoms with van der Waals surface area (Å²) in [6.45, 7) is 6.87. The first-order chi connectivity index (χ1) is 13.9. The number of hydrogen-bond acceptors (Lipinski definition) is 4. The summed E-state index contributed by atoms with van der Waals surface area (Å²) in [5, 5.41) is 0.